The van der Waals surface area contributed by atoms with E-state index in [-0.39, 0.29) is 11.9 Å². The van der Waals surface area contributed by atoms with E-state index in [2.05, 4.69) is 27.2 Å². The second kappa shape index (κ2) is 8.92. The minimum absolute atomic E-state index is 0.0421. The van der Waals surface area contributed by atoms with Crippen molar-refractivity contribution in [2.24, 2.45) is 0 Å². The molecule has 0 saturated carbocycles. The monoisotopic (exact) mass is 286 g/mol. The molecule has 0 radical (unpaired) electrons. The lowest BCUT2D eigenvalue weighted by Crippen LogP contribution is -2.10. The molecule has 19 heavy (non-hydrogen) atoms. The topological polar surface area (TPSA) is 80.2 Å². The molecule has 1 heterocycles. The van der Waals surface area contributed by atoms with Gasteiger partial charge < -0.3 is 15.2 Å². The van der Waals surface area contributed by atoms with Gasteiger partial charge in [-0.15, -0.1) is 0 Å². The standard InChI is InChI=1S/C12H22N4O2S/c1-4-6-13-10-14-11(18-7-5-2)16-12(15-10)19-9(3)8-17/h9,17H,4-8H2,1-3H3,(H,13,14,15,16). The molecule has 0 aromatic carbocycles. The van der Waals surface area contributed by atoms with Crippen molar-refractivity contribution in [1.29, 1.82) is 0 Å². The largest absolute Gasteiger partial charge is 0.463 e. The Morgan fingerprint density at radius 3 is 2.68 bits per heavy atom. The van der Waals surface area contributed by atoms with Crippen LogP contribution in [0.15, 0.2) is 5.16 Å². The molecule has 0 aliphatic heterocycles. The normalized spacial score (nSPS) is 12.2. The maximum absolute atomic E-state index is 9.08. The number of nitrogens with one attached hydrogen (secondary N) is 1. The van der Waals surface area contributed by atoms with Crippen LogP contribution in [0.5, 0.6) is 6.01 Å². The summed E-state index contributed by atoms with van der Waals surface area (Å²) in [6.07, 6.45) is 1.89. The van der Waals surface area contributed by atoms with Crippen molar-refractivity contribution in [3.63, 3.8) is 0 Å². The first-order valence-corrected chi connectivity index (χ1v) is 7.47. The van der Waals surface area contributed by atoms with Crippen molar-refractivity contribution in [2.45, 2.75) is 44.0 Å². The Hall–Kier alpha value is -1.08. The Morgan fingerprint density at radius 1 is 1.26 bits per heavy atom. The van der Waals surface area contributed by atoms with E-state index in [9.17, 15) is 0 Å². The Balaban J connectivity index is 2.81. The number of anilines is 1. The van der Waals surface area contributed by atoms with Gasteiger partial charge in [0.15, 0.2) is 5.16 Å². The number of rotatable bonds is 9. The summed E-state index contributed by atoms with van der Waals surface area (Å²) < 4.78 is 5.45. The van der Waals surface area contributed by atoms with Crippen LogP contribution >= 0.6 is 11.8 Å². The van der Waals surface area contributed by atoms with Crippen molar-refractivity contribution < 1.29 is 9.84 Å². The first-order valence-electron chi connectivity index (χ1n) is 6.59. The molecule has 0 fully saturated rings. The first kappa shape index (κ1) is 16.0. The summed E-state index contributed by atoms with van der Waals surface area (Å²) in [7, 11) is 0. The van der Waals surface area contributed by atoms with Gasteiger partial charge >= 0.3 is 6.01 Å². The van der Waals surface area contributed by atoms with Crippen molar-refractivity contribution in [3.05, 3.63) is 0 Å². The van der Waals surface area contributed by atoms with Crippen LogP contribution < -0.4 is 10.1 Å². The van der Waals surface area contributed by atoms with Crippen molar-refractivity contribution in [1.82, 2.24) is 15.0 Å². The summed E-state index contributed by atoms with van der Waals surface area (Å²) in [6.45, 7) is 7.49. The van der Waals surface area contributed by atoms with Gasteiger partial charge in [-0.3, -0.25) is 0 Å². The van der Waals surface area contributed by atoms with E-state index >= 15 is 0 Å². The molecule has 2 N–H and O–H groups in total. The minimum Gasteiger partial charge on any atom is -0.463 e. The summed E-state index contributed by atoms with van der Waals surface area (Å²) in [5, 5.41) is 12.8. The number of hydrogen-bond acceptors (Lipinski definition) is 7. The van der Waals surface area contributed by atoms with Crippen LogP contribution in [0.3, 0.4) is 0 Å². The van der Waals surface area contributed by atoms with Crippen molar-refractivity contribution in [3.8, 4) is 6.01 Å². The van der Waals surface area contributed by atoms with Crippen LogP contribution in [0, 0.1) is 0 Å². The summed E-state index contributed by atoms with van der Waals surface area (Å²) in [6, 6.07) is 0.336. The zero-order valence-corrected chi connectivity index (χ0v) is 12.5. The van der Waals surface area contributed by atoms with Crippen molar-refractivity contribution >= 4 is 17.7 Å². The third kappa shape index (κ3) is 6.07. The fraction of sp³-hybridized carbons (Fsp3) is 0.750. The molecule has 1 unspecified atom stereocenters. The molecular weight excluding hydrogens is 264 g/mol. The highest BCUT2D eigenvalue weighted by atomic mass is 32.2. The van der Waals surface area contributed by atoms with E-state index in [0.717, 1.165) is 19.4 Å². The molecule has 1 atom stereocenters. The number of aliphatic hydroxyl groups is 1. The maximum Gasteiger partial charge on any atom is 0.322 e. The molecule has 1 rings (SSSR count). The van der Waals surface area contributed by atoms with Crippen molar-refractivity contribution in [2.75, 3.05) is 25.1 Å². The van der Waals surface area contributed by atoms with Crippen LogP contribution in [0.1, 0.15) is 33.6 Å². The van der Waals surface area contributed by atoms with Crippen LogP contribution in [-0.2, 0) is 0 Å². The highest BCUT2D eigenvalue weighted by Crippen LogP contribution is 2.21. The van der Waals surface area contributed by atoms with Gasteiger partial charge in [-0.25, -0.2) is 0 Å². The number of nitrogens with zero attached hydrogens (tertiary/aromatic N) is 3. The van der Waals surface area contributed by atoms with E-state index < -0.39 is 0 Å². The quantitative estimate of drug-likeness (QED) is 0.672. The number of thioether (sulfide) groups is 1. The Kier molecular flexibility index (Phi) is 7.50. The second-order valence-electron chi connectivity index (χ2n) is 4.11. The molecule has 0 saturated heterocycles. The fourth-order valence-corrected chi connectivity index (χ4v) is 1.89. The third-order valence-corrected chi connectivity index (χ3v) is 3.07. The smallest absolute Gasteiger partial charge is 0.322 e. The zero-order chi connectivity index (χ0) is 14.1. The lowest BCUT2D eigenvalue weighted by Gasteiger charge is -2.10. The van der Waals surface area contributed by atoms with Gasteiger partial charge in [-0.1, -0.05) is 32.5 Å². The van der Waals surface area contributed by atoms with E-state index in [0.29, 0.717) is 23.7 Å². The summed E-state index contributed by atoms with van der Waals surface area (Å²) in [5.41, 5.74) is 0. The van der Waals surface area contributed by atoms with Crippen LogP contribution in [-0.4, -0.2) is 45.1 Å². The van der Waals surface area contributed by atoms with E-state index in [4.69, 9.17) is 9.84 Å². The molecule has 0 amide bonds. The summed E-state index contributed by atoms with van der Waals surface area (Å²) >= 11 is 1.41. The number of ether oxygens (including phenoxy) is 1. The number of aliphatic hydroxyl groups excluding tert-OH is 1. The third-order valence-electron chi connectivity index (χ3n) is 2.13. The van der Waals surface area contributed by atoms with Gasteiger partial charge in [0, 0.05) is 11.8 Å². The van der Waals surface area contributed by atoms with Gasteiger partial charge in [-0.2, -0.15) is 15.0 Å². The van der Waals surface area contributed by atoms with E-state index in [1.165, 1.54) is 11.8 Å². The predicted octanol–water partition coefficient (Wildman–Crippen LogP) is 1.96. The summed E-state index contributed by atoms with van der Waals surface area (Å²) in [5.74, 6) is 0.524. The van der Waals surface area contributed by atoms with Gasteiger partial charge in [0.25, 0.3) is 0 Å². The Bertz CT molecular complexity index is 352. The highest BCUT2D eigenvalue weighted by molar-refractivity contribution is 7.99. The Morgan fingerprint density at radius 2 is 2.05 bits per heavy atom. The maximum atomic E-state index is 9.08. The first-order chi connectivity index (χ1) is 9.19. The summed E-state index contributed by atoms with van der Waals surface area (Å²) in [4.78, 5) is 12.7. The molecule has 7 heteroatoms. The van der Waals surface area contributed by atoms with Gasteiger partial charge in [0.1, 0.15) is 0 Å². The number of aromatic nitrogens is 3. The molecule has 108 valence electrons. The predicted molar refractivity (Wildman–Crippen MR) is 76.8 cm³/mol. The SMILES string of the molecule is CCCNc1nc(OCCC)nc(SC(C)CO)n1. The van der Waals surface area contributed by atoms with Gasteiger partial charge in [-0.05, 0) is 12.8 Å². The highest BCUT2D eigenvalue weighted by Gasteiger charge is 2.11. The molecule has 0 spiro atoms. The van der Waals surface area contributed by atoms with Gasteiger partial charge in [0.2, 0.25) is 5.95 Å². The minimum atomic E-state index is 0.0421. The lowest BCUT2D eigenvalue weighted by molar-refractivity contribution is 0.288. The second-order valence-corrected chi connectivity index (χ2v) is 5.52. The van der Waals surface area contributed by atoms with E-state index in [1.807, 2.05) is 13.8 Å². The molecule has 6 nitrogen and oxygen atoms in total. The van der Waals surface area contributed by atoms with Crippen LogP contribution in [0.25, 0.3) is 0 Å². The van der Waals surface area contributed by atoms with Crippen LogP contribution in [0.2, 0.25) is 0 Å². The fourth-order valence-electron chi connectivity index (χ4n) is 1.18. The molecule has 1 aromatic rings. The molecule has 0 bridgehead atoms. The molecule has 0 aliphatic rings. The molecule has 0 aliphatic carbocycles. The van der Waals surface area contributed by atoms with Crippen LogP contribution in [0.4, 0.5) is 5.95 Å². The lowest BCUT2D eigenvalue weighted by atomic mass is 10.5. The molecule has 1 aromatic heterocycles. The van der Waals surface area contributed by atoms with E-state index in [1.54, 1.807) is 0 Å². The average Bonchev–Trinajstić information content (AvgIpc) is 2.42. The zero-order valence-electron chi connectivity index (χ0n) is 11.7. The number of hydrogen-bond donors (Lipinski definition) is 2. The van der Waals surface area contributed by atoms with Gasteiger partial charge in [0.05, 0.1) is 13.2 Å². The Labute approximate surface area is 118 Å². The molecular formula is C12H22N4O2S. The average molecular weight is 286 g/mol.